The van der Waals surface area contributed by atoms with Crippen LogP contribution >= 0.6 is 15.9 Å². The van der Waals surface area contributed by atoms with E-state index in [1.54, 1.807) is 24.3 Å². The number of benzene rings is 2. The van der Waals surface area contributed by atoms with E-state index in [1.165, 1.54) is 19.2 Å². The molecule has 0 N–H and O–H groups in total. The van der Waals surface area contributed by atoms with Gasteiger partial charge in [-0.3, -0.25) is 10.1 Å². The van der Waals surface area contributed by atoms with E-state index in [1.807, 2.05) is 6.07 Å². The van der Waals surface area contributed by atoms with Crippen molar-refractivity contribution < 1.29 is 14.4 Å². The van der Waals surface area contributed by atoms with E-state index in [0.717, 1.165) is 0 Å². The maximum Gasteiger partial charge on any atom is 0.314 e. The highest BCUT2D eigenvalue weighted by atomic mass is 79.9. The van der Waals surface area contributed by atoms with Gasteiger partial charge in [-0.1, -0.05) is 15.9 Å². The van der Waals surface area contributed by atoms with Gasteiger partial charge in [0, 0.05) is 4.47 Å². The molecule has 0 radical (unpaired) electrons. The van der Waals surface area contributed by atoms with Crippen LogP contribution < -0.4 is 9.47 Å². The summed E-state index contributed by atoms with van der Waals surface area (Å²) in [4.78, 5) is 10.4. The highest BCUT2D eigenvalue weighted by molar-refractivity contribution is 9.10. The van der Waals surface area contributed by atoms with E-state index in [-0.39, 0.29) is 17.2 Å². The van der Waals surface area contributed by atoms with Gasteiger partial charge in [0.25, 0.3) is 0 Å². The molecule has 0 heterocycles. The van der Waals surface area contributed by atoms with E-state index in [0.29, 0.717) is 15.8 Å². The van der Waals surface area contributed by atoms with Crippen molar-refractivity contribution in [1.29, 1.82) is 5.26 Å². The van der Waals surface area contributed by atoms with Crippen molar-refractivity contribution in [1.82, 2.24) is 0 Å². The second-order valence-corrected chi connectivity index (χ2v) is 4.90. The predicted octanol–water partition coefficient (Wildman–Crippen LogP) is 4.03. The van der Waals surface area contributed by atoms with Crippen LogP contribution in [0.4, 0.5) is 5.69 Å². The van der Waals surface area contributed by atoms with E-state index in [2.05, 4.69) is 15.9 Å². The van der Waals surface area contributed by atoms with Gasteiger partial charge in [0.15, 0.2) is 5.75 Å². The fraction of sp³-hybridized carbons (Fsp3) is 0.0714. The number of ether oxygens (including phenoxy) is 2. The first-order valence-electron chi connectivity index (χ1n) is 5.74. The van der Waals surface area contributed by atoms with Crippen LogP contribution in [0.2, 0.25) is 0 Å². The van der Waals surface area contributed by atoms with Crippen molar-refractivity contribution in [3.8, 4) is 23.3 Å². The van der Waals surface area contributed by atoms with Crippen molar-refractivity contribution in [2.24, 2.45) is 0 Å². The number of nitriles is 1. The third kappa shape index (κ3) is 3.49. The molecule has 0 atom stereocenters. The Morgan fingerprint density at radius 3 is 2.62 bits per heavy atom. The van der Waals surface area contributed by atoms with Crippen LogP contribution in [0.5, 0.6) is 17.2 Å². The Bertz CT molecular complexity index is 740. The molecular formula is C14H9BrN2O4. The van der Waals surface area contributed by atoms with Crippen LogP contribution in [0.1, 0.15) is 5.56 Å². The van der Waals surface area contributed by atoms with Gasteiger partial charge in [-0.2, -0.15) is 5.26 Å². The fourth-order valence-electron chi connectivity index (χ4n) is 1.70. The second kappa shape index (κ2) is 6.24. The summed E-state index contributed by atoms with van der Waals surface area (Å²) in [5.41, 5.74) is 0.230. The molecule has 0 unspecified atom stereocenters. The lowest BCUT2D eigenvalue weighted by Crippen LogP contribution is -1.94. The fourth-order valence-corrected chi connectivity index (χ4v) is 2.17. The minimum Gasteiger partial charge on any atom is -0.490 e. The maximum absolute atomic E-state index is 11.0. The normalized spacial score (nSPS) is 9.76. The summed E-state index contributed by atoms with van der Waals surface area (Å²) in [7, 11) is 1.36. The van der Waals surface area contributed by atoms with Gasteiger partial charge >= 0.3 is 5.69 Å². The summed E-state index contributed by atoms with van der Waals surface area (Å²) >= 11 is 3.27. The number of nitrogens with zero attached hydrogens (tertiary/aromatic N) is 2. The van der Waals surface area contributed by atoms with Crippen molar-refractivity contribution in [2.45, 2.75) is 0 Å². The molecule has 0 aliphatic heterocycles. The molecule has 0 saturated carbocycles. The molecule has 0 aliphatic carbocycles. The number of nitro groups is 1. The Balaban J connectivity index is 2.36. The molecule has 0 fully saturated rings. The first kappa shape index (κ1) is 14.8. The van der Waals surface area contributed by atoms with Gasteiger partial charge < -0.3 is 9.47 Å². The molecule has 2 aromatic rings. The number of hydrogen-bond acceptors (Lipinski definition) is 5. The van der Waals surface area contributed by atoms with Crippen LogP contribution in [0.3, 0.4) is 0 Å². The summed E-state index contributed by atoms with van der Waals surface area (Å²) in [6, 6.07) is 11.1. The Labute approximate surface area is 128 Å². The summed E-state index contributed by atoms with van der Waals surface area (Å²) in [6.45, 7) is 0. The molecule has 2 rings (SSSR count). The minimum absolute atomic E-state index is 0.152. The van der Waals surface area contributed by atoms with Gasteiger partial charge in [0.2, 0.25) is 0 Å². The van der Waals surface area contributed by atoms with E-state index in [4.69, 9.17) is 14.7 Å². The number of methoxy groups -OCH3 is 1. The molecular weight excluding hydrogens is 340 g/mol. The number of hydrogen-bond donors (Lipinski definition) is 0. The molecule has 0 aromatic heterocycles. The molecule has 6 nitrogen and oxygen atoms in total. The molecule has 2 aromatic carbocycles. The number of nitro benzene ring substituents is 1. The molecule has 7 heteroatoms. The monoisotopic (exact) mass is 348 g/mol. The molecule has 21 heavy (non-hydrogen) atoms. The zero-order valence-electron chi connectivity index (χ0n) is 10.9. The van der Waals surface area contributed by atoms with Crippen molar-refractivity contribution in [2.75, 3.05) is 7.11 Å². The Hall–Kier alpha value is -2.59. The highest BCUT2D eigenvalue weighted by Gasteiger charge is 2.16. The Kier molecular flexibility index (Phi) is 4.40. The van der Waals surface area contributed by atoms with Crippen LogP contribution in [0.25, 0.3) is 0 Å². The summed E-state index contributed by atoms with van der Waals surface area (Å²) < 4.78 is 11.2. The smallest absolute Gasteiger partial charge is 0.314 e. The molecule has 106 valence electrons. The molecule has 0 bridgehead atoms. The van der Waals surface area contributed by atoms with E-state index in [9.17, 15) is 10.1 Å². The Morgan fingerprint density at radius 2 is 2.00 bits per heavy atom. The van der Waals surface area contributed by atoms with Gasteiger partial charge in [-0.25, -0.2) is 0 Å². The van der Waals surface area contributed by atoms with Crippen molar-refractivity contribution >= 4 is 21.6 Å². The third-order valence-corrected chi connectivity index (χ3v) is 3.04. The lowest BCUT2D eigenvalue weighted by Gasteiger charge is -2.08. The highest BCUT2D eigenvalue weighted by Crippen LogP contribution is 2.33. The van der Waals surface area contributed by atoms with Crippen molar-refractivity contribution in [3.63, 3.8) is 0 Å². The predicted molar refractivity (Wildman–Crippen MR) is 78.6 cm³/mol. The zero-order chi connectivity index (χ0) is 15.4. The number of halogens is 1. The van der Waals surface area contributed by atoms with Crippen molar-refractivity contribution in [3.05, 3.63) is 56.5 Å². The van der Waals surface area contributed by atoms with Gasteiger partial charge in [-0.05, 0) is 30.3 Å². The standard InChI is InChI=1S/C14H9BrN2O4/c1-20-14-3-2-11(7-13(14)17(18)19)21-12-5-9(8-16)4-10(15)6-12/h2-7H,1H3. The maximum atomic E-state index is 11.0. The summed E-state index contributed by atoms with van der Waals surface area (Å²) in [5, 5.41) is 19.9. The van der Waals surface area contributed by atoms with Crippen LogP contribution in [-0.4, -0.2) is 12.0 Å². The topological polar surface area (TPSA) is 85.4 Å². The summed E-state index contributed by atoms with van der Waals surface area (Å²) in [6.07, 6.45) is 0. The van der Waals surface area contributed by atoms with E-state index < -0.39 is 4.92 Å². The third-order valence-electron chi connectivity index (χ3n) is 2.58. The zero-order valence-corrected chi connectivity index (χ0v) is 12.5. The summed E-state index contributed by atoms with van der Waals surface area (Å²) in [5.74, 6) is 0.837. The first-order valence-corrected chi connectivity index (χ1v) is 6.54. The average molecular weight is 349 g/mol. The van der Waals surface area contributed by atoms with E-state index >= 15 is 0 Å². The number of rotatable bonds is 4. The molecule has 0 spiro atoms. The molecule has 0 saturated heterocycles. The first-order chi connectivity index (χ1) is 10.0. The largest absolute Gasteiger partial charge is 0.490 e. The Morgan fingerprint density at radius 1 is 1.24 bits per heavy atom. The van der Waals surface area contributed by atoms with Gasteiger partial charge in [-0.15, -0.1) is 0 Å². The SMILES string of the molecule is COc1ccc(Oc2cc(Br)cc(C#N)c2)cc1[N+](=O)[O-]. The lowest BCUT2D eigenvalue weighted by molar-refractivity contribution is -0.385. The van der Waals surface area contributed by atoms with Crippen LogP contribution in [-0.2, 0) is 0 Å². The average Bonchev–Trinajstić information content (AvgIpc) is 2.46. The van der Waals surface area contributed by atoms with Gasteiger partial charge in [0.1, 0.15) is 11.5 Å². The molecule has 0 amide bonds. The lowest BCUT2D eigenvalue weighted by atomic mass is 10.2. The second-order valence-electron chi connectivity index (χ2n) is 3.98. The van der Waals surface area contributed by atoms with Crippen LogP contribution in [0.15, 0.2) is 40.9 Å². The molecule has 0 aliphatic rings. The minimum atomic E-state index is -0.548. The van der Waals surface area contributed by atoms with Gasteiger partial charge in [0.05, 0.1) is 29.7 Å². The quantitative estimate of drug-likeness (QED) is 0.614. The van der Waals surface area contributed by atoms with Crippen LogP contribution in [0, 0.1) is 21.4 Å².